The summed E-state index contributed by atoms with van der Waals surface area (Å²) in [6.07, 6.45) is 0.763. The molecular formula is C22H18Br2N4O7. The van der Waals surface area contributed by atoms with Crippen LogP contribution in [-0.4, -0.2) is 47.2 Å². The van der Waals surface area contributed by atoms with Gasteiger partial charge < -0.3 is 0 Å². The topological polar surface area (TPSA) is 144 Å². The fraction of sp³-hybridized carbons (Fsp3) is 0.318. The summed E-state index contributed by atoms with van der Waals surface area (Å²) in [5.41, 5.74) is -0.526. The van der Waals surface area contributed by atoms with Crippen molar-refractivity contribution in [3.63, 3.8) is 0 Å². The lowest BCUT2D eigenvalue weighted by Crippen LogP contribution is -2.50. The number of non-ortho nitro benzene ring substituents is 1. The molecule has 13 heteroatoms. The number of imide groups is 1. The Labute approximate surface area is 215 Å². The predicted molar refractivity (Wildman–Crippen MR) is 130 cm³/mol. The van der Waals surface area contributed by atoms with Crippen molar-refractivity contribution in [3.05, 3.63) is 79.9 Å². The molecule has 0 radical (unpaired) electrons. The number of hydrazine groups is 1. The molecule has 35 heavy (non-hydrogen) atoms. The third-order valence-corrected chi connectivity index (χ3v) is 8.91. The van der Waals surface area contributed by atoms with Gasteiger partial charge in [0.05, 0.1) is 28.2 Å². The van der Waals surface area contributed by atoms with Crippen molar-refractivity contribution < 1.29 is 24.2 Å². The van der Waals surface area contributed by atoms with Gasteiger partial charge in [-0.15, -0.1) is 0 Å². The van der Waals surface area contributed by atoms with E-state index in [-0.39, 0.29) is 27.4 Å². The molecule has 11 nitrogen and oxygen atoms in total. The second kappa shape index (κ2) is 9.82. The lowest BCUT2D eigenvalue weighted by molar-refractivity contribution is -0.385. The highest BCUT2D eigenvalue weighted by atomic mass is 79.9. The van der Waals surface area contributed by atoms with Gasteiger partial charge in [-0.2, -0.15) is 5.01 Å². The van der Waals surface area contributed by atoms with E-state index in [0.717, 1.165) is 16.1 Å². The number of carbonyl (C=O) groups is 3. The van der Waals surface area contributed by atoms with Crippen LogP contribution < -0.4 is 0 Å². The normalized spacial score (nSPS) is 23.7. The lowest BCUT2D eigenvalue weighted by Gasteiger charge is -2.30. The van der Waals surface area contributed by atoms with E-state index in [1.807, 2.05) is 0 Å². The molecule has 3 amide bonds. The number of nitro groups is 2. The average Bonchev–Trinajstić information content (AvgIpc) is 3.06. The van der Waals surface area contributed by atoms with Crippen molar-refractivity contribution in [2.45, 2.75) is 29.0 Å². The van der Waals surface area contributed by atoms with Gasteiger partial charge in [0.25, 0.3) is 29.1 Å². The molecule has 1 saturated carbocycles. The Morgan fingerprint density at radius 2 is 1.46 bits per heavy atom. The standard InChI is InChI=1S/C22H18Br2N4O7/c23-17-9-15-16(10-18(17)24)22(31)26(21(15)30)25(11-12-5-7-13(8-6-12)27(32)33)20(29)14-3-1-2-4-19(14)28(34)35/h1-8,15-18H,9-11H2/t15-,16+,17-,18-/m0/s1. The van der Waals surface area contributed by atoms with Crippen LogP contribution in [0.2, 0.25) is 0 Å². The molecule has 0 bridgehead atoms. The Hall–Kier alpha value is -3.19. The second-order valence-corrected chi connectivity index (χ2v) is 10.6. The van der Waals surface area contributed by atoms with Gasteiger partial charge in [-0.3, -0.25) is 34.6 Å². The summed E-state index contributed by atoms with van der Waals surface area (Å²) < 4.78 is 0. The van der Waals surface area contributed by atoms with E-state index in [1.165, 1.54) is 42.5 Å². The quantitative estimate of drug-likeness (QED) is 0.208. The van der Waals surface area contributed by atoms with E-state index in [2.05, 4.69) is 31.9 Å². The Morgan fingerprint density at radius 1 is 0.914 bits per heavy atom. The predicted octanol–water partition coefficient (Wildman–Crippen LogP) is 3.98. The number of halogens is 2. The third kappa shape index (κ3) is 4.69. The maximum Gasteiger partial charge on any atom is 0.282 e. The van der Waals surface area contributed by atoms with Crippen LogP contribution in [0.15, 0.2) is 48.5 Å². The SMILES string of the molecule is O=C(c1ccccc1[N+](=O)[O-])N(Cc1ccc([N+](=O)[O-])cc1)N1C(=O)[C@H]2C[C@H](Br)[C@@H](Br)C[C@H]2C1=O. The van der Waals surface area contributed by atoms with Crippen LogP contribution in [0.25, 0.3) is 0 Å². The van der Waals surface area contributed by atoms with Gasteiger partial charge in [-0.1, -0.05) is 56.1 Å². The number of para-hydroxylation sites is 1. The lowest BCUT2D eigenvalue weighted by atomic mass is 9.81. The maximum absolute atomic E-state index is 13.6. The Morgan fingerprint density at radius 3 is 1.97 bits per heavy atom. The number of benzene rings is 2. The minimum Gasteiger partial charge on any atom is -0.272 e. The number of alkyl halides is 2. The smallest absolute Gasteiger partial charge is 0.272 e. The summed E-state index contributed by atoms with van der Waals surface area (Å²) in [6, 6.07) is 10.5. The second-order valence-electron chi connectivity index (χ2n) is 8.27. The zero-order valence-corrected chi connectivity index (χ0v) is 21.1. The summed E-state index contributed by atoms with van der Waals surface area (Å²) in [5, 5.41) is 24.2. The van der Waals surface area contributed by atoms with Crippen molar-refractivity contribution in [1.29, 1.82) is 0 Å². The first-order chi connectivity index (χ1) is 16.6. The molecule has 1 aliphatic heterocycles. The summed E-state index contributed by atoms with van der Waals surface area (Å²) in [4.78, 5) is 61.5. The number of nitrogens with zero attached hydrogens (tertiary/aromatic N) is 4. The highest BCUT2D eigenvalue weighted by Gasteiger charge is 2.54. The number of hydrogen-bond donors (Lipinski definition) is 0. The summed E-state index contributed by atoms with van der Waals surface area (Å²) in [7, 11) is 0. The molecule has 2 aromatic rings. The molecular weight excluding hydrogens is 592 g/mol. The zero-order valence-electron chi connectivity index (χ0n) is 18.0. The van der Waals surface area contributed by atoms with Gasteiger partial charge in [0.1, 0.15) is 5.56 Å². The number of rotatable bonds is 6. The molecule has 4 rings (SSSR count). The molecule has 182 valence electrons. The summed E-state index contributed by atoms with van der Waals surface area (Å²) >= 11 is 7.04. The highest BCUT2D eigenvalue weighted by Crippen LogP contribution is 2.44. The van der Waals surface area contributed by atoms with E-state index in [4.69, 9.17) is 0 Å². The van der Waals surface area contributed by atoms with Gasteiger partial charge in [-0.05, 0) is 24.5 Å². The van der Waals surface area contributed by atoms with E-state index in [0.29, 0.717) is 18.4 Å². The van der Waals surface area contributed by atoms with Crippen molar-refractivity contribution in [3.8, 4) is 0 Å². The highest BCUT2D eigenvalue weighted by molar-refractivity contribution is 9.12. The molecule has 0 aromatic heterocycles. The minimum absolute atomic E-state index is 0.0468. The van der Waals surface area contributed by atoms with E-state index < -0.39 is 45.1 Å². The molecule has 1 heterocycles. The van der Waals surface area contributed by atoms with Crippen molar-refractivity contribution in [2.24, 2.45) is 11.8 Å². The Kier molecular flexibility index (Phi) is 6.99. The van der Waals surface area contributed by atoms with Gasteiger partial charge >= 0.3 is 0 Å². The first kappa shape index (κ1) is 24.9. The van der Waals surface area contributed by atoms with Crippen LogP contribution in [0, 0.1) is 32.1 Å². The van der Waals surface area contributed by atoms with Gasteiger partial charge in [0, 0.05) is 27.9 Å². The van der Waals surface area contributed by atoms with Crippen molar-refractivity contribution in [2.75, 3.05) is 0 Å². The van der Waals surface area contributed by atoms with Gasteiger partial charge in [0.2, 0.25) is 0 Å². The third-order valence-electron chi connectivity index (χ3n) is 6.17. The van der Waals surface area contributed by atoms with Gasteiger partial charge in [0.15, 0.2) is 0 Å². The number of hydrogen-bond acceptors (Lipinski definition) is 7. The molecule has 2 aliphatic rings. The van der Waals surface area contributed by atoms with Crippen LogP contribution in [0.5, 0.6) is 0 Å². The zero-order chi connectivity index (χ0) is 25.4. The van der Waals surface area contributed by atoms with Crippen LogP contribution in [-0.2, 0) is 16.1 Å². The fourth-order valence-electron chi connectivity index (χ4n) is 4.40. The van der Waals surface area contributed by atoms with Crippen LogP contribution in [0.3, 0.4) is 0 Å². The molecule has 0 N–H and O–H groups in total. The van der Waals surface area contributed by atoms with Crippen LogP contribution in [0.1, 0.15) is 28.8 Å². The Bertz CT molecular complexity index is 1190. The summed E-state index contributed by atoms with van der Waals surface area (Å²) in [6.45, 7) is -0.296. The molecule has 0 spiro atoms. The average molecular weight is 610 g/mol. The summed E-state index contributed by atoms with van der Waals surface area (Å²) in [5.74, 6) is -3.30. The molecule has 2 aromatic carbocycles. The van der Waals surface area contributed by atoms with Crippen molar-refractivity contribution >= 4 is 61.0 Å². The number of fused-ring (bicyclic) bond motifs is 1. The first-order valence-corrected chi connectivity index (χ1v) is 12.4. The van der Waals surface area contributed by atoms with E-state index >= 15 is 0 Å². The number of nitro benzene ring substituents is 2. The van der Waals surface area contributed by atoms with E-state index in [9.17, 15) is 34.6 Å². The first-order valence-electron chi connectivity index (χ1n) is 10.5. The molecule has 2 fully saturated rings. The van der Waals surface area contributed by atoms with Gasteiger partial charge in [-0.25, -0.2) is 5.01 Å². The maximum atomic E-state index is 13.6. The molecule has 1 saturated heterocycles. The minimum atomic E-state index is -0.901. The number of carbonyl (C=O) groups excluding carboxylic acids is 3. The monoisotopic (exact) mass is 608 g/mol. The molecule has 4 atom stereocenters. The molecule has 0 unspecified atom stereocenters. The largest absolute Gasteiger partial charge is 0.282 e. The Balaban J connectivity index is 1.75. The van der Waals surface area contributed by atoms with E-state index in [1.54, 1.807) is 0 Å². The van der Waals surface area contributed by atoms with Crippen LogP contribution in [0.4, 0.5) is 11.4 Å². The van der Waals surface area contributed by atoms with Crippen LogP contribution >= 0.6 is 31.9 Å². The number of amides is 3. The fourth-order valence-corrected chi connectivity index (χ4v) is 5.63. The van der Waals surface area contributed by atoms with Crippen molar-refractivity contribution in [1.82, 2.24) is 10.0 Å². The molecule has 1 aliphatic carbocycles.